The number of methoxy groups -OCH3 is 1. The van der Waals surface area contributed by atoms with Crippen LogP contribution in [0.5, 0.6) is 0 Å². The average Bonchev–Trinajstić information content (AvgIpc) is 2.92. The van der Waals surface area contributed by atoms with Crippen molar-refractivity contribution in [2.24, 2.45) is 5.92 Å². The summed E-state index contributed by atoms with van der Waals surface area (Å²) in [4.78, 5) is 27.0. The topological polar surface area (TPSA) is 46.6 Å². The second-order valence-electron chi connectivity index (χ2n) is 9.04. The van der Waals surface area contributed by atoms with Gasteiger partial charge in [0.05, 0.1) is 13.7 Å². The van der Waals surface area contributed by atoms with Gasteiger partial charge in [-0.25, -0.2) is 13.6 Å². The van der Waals surface area contributed by atoms with Crippen LogP contribution in [0.1, 0.15) is 43.2 Å². The number of carbonyl (C=O) groups is 2. The standard InChI is InChI=1S/C30H29F2NO3/c1-36-29(34)17-12-21-6-5-9-26(18-21)33(30(35)24-7-3-2-4-8-24)20-22-10-13-23(14-11-22)25-15-16-27(31)28(32)19-25/h5-6,9-19,24H,2-4,7-8,20H2,1H3/b17-12+. The zero-order valence-electron chi connectivity index (χ0n) is 20.3. The quantitative estimate of drug-likeness (QED) is 0.267. The van der Waals surface area contributed by atoms with E-state index in [1.165, 1.54) is 19.3 Å². The monoisotopic (exact) mass is 489 g/mol. The molecule has 4 rings (SSSR count). The highest BCUT2D eigenvalue weighted by molar-refractivity contribution is 5.95. The molecular formula is C30H29F2NO3. The van der Waals surface area contributed by atoms with Crippen molar-refractivity contribution in [3.63, 3.8) is 0 Å². The number of hydrogen-bond acceptors (Lipinski definition) is 3. The van der Waals surface area contributed by atoms with Gasteiger partial charge in [0, 0.05) is 17.7 Å². The first kappa shape index (κ1) is 25.3. The van der Waals surface area contributed by atoms with Crippen LogP contribution in [0.25, 0.3) is 17.2 Å². The SMILES string of the molecule is COC(=O)/C=C/c1cccc(N(Cc2ccc(-c3ccc(F)c(F)c3)cc2)C(=O)C2CCCCC2)c1. The second-order valence-corrected chi connectivity index (χ2v) is 9.04. The maximum atomic E-state index is 13.7. The molecule has 1 aliphatic rings. The van der Waals surface area contributed by atoms with Gasteiger partial charge >= 0.3 is 5.97 Å². The zero-order chi connectivity index (χ0) is 25.5. The van der Waals surface area contributed by atoms with E-state index in [-0.39, 0.29) is 11.8 Å². The number of halogens is 2. The molecule has 6 heteroatoms. The molecule has 3 aromatic rings. The minimum Gasteiger partial charge on any atom is -0.466 e. The smallest absolute Gasteiger partial charge is 0.330 e. The van der Waals surface area contributed by atoms with Crippen LogP contribution in [0.15, 0.2) is 72.8 Å². The zero-order valence-corrected chi connectivity index (χ0v) is 20.3. The Bertz CT molecular complexity index is 1250. The van der Waals surface area contributed by atoms with Crippen LogP contribution < -0.4 is 4.90 Å². The first-order valence-corrected chi connectivity index (χ1v) is 12.2. The molecule has 1 amide bonds. The summed E-state index contributed by atoms with van der Waals surface area (Å²) in [7, 11) is 1.32. The summed E-state index contributed by atoms with van der Waals surface area (Å²) >= 11 is 0. The minimum absolute atomic E-state index is 0.0190. The van der Waals surface area contributed by atoms with Crippen molar-refractivity contribution in [3.05, 3.63) is 95.6 Å². The van der Waals surface area contributed by atoms with E-state index in [0.717, 1.165) is 60.5 Å². The molecular weight excluding hydrogens is 460 g/mol. The highest BCUT2D eigenvalue weighted by atomic mass is 19.2. The fourth-order valence-electron chi connectivity index (χ4n) is 4.56. The molecule has 0 aromatic heterocycles. The van der Waals surface area contributed by atoms with Crippen molar-refractivity contribution < 1.29 is 23.1 Å². The lowest BCUT2D eigenvalue weighted by molar-refractivity contribution is -0.134. The number of carbonyl (C=O) groups excluding carboxylic acids is 2. The molecule has 0 atom stereocenters. The van der Waals surface area contributed by atoms with Crippen molar-refractivity contribution in [2.75, 3.05) is 12.0 Å². The molecule has 0 N–H and O–H groups in total. The molecule has 0 radical (unpaired) electrons. The van der Waals surface area contributed by atoms with Crippen molar-refractivity contribution >= 4 is 23.6 Å². The lowest BCUT2D eigenvalue weighted by Gasteiger charge is -2.30. The van der Waals surface area contributed by atoms with E-state index in [0.29, 0.717) is 12.1 Å². The summed E-state index contributed by atoms with van der Waals surface area (Å²) in [5.41, 5.74) is 3.80. The first-order valence-electron chi connectivity index (χ1n) is 12.2. The Morgan fingerprint density at radius 3 is 2.33 bits per heavy atom. The summed E-state index contributed by atoms with van der Waals surface area (Å²) < 4.78 is 31.6. The Morgan fingerprint density at radius 2 is 1.64 bits per heavy atom. The van der Waals surface area contributed by atoms with Crippen molar-refractivity contribution in [3.8, 4) is 11.1 Å². The number of esters is 1. The van der Waals surface area contributed by atoms with E-state index in [9.17, 15) is 18.4 Å². The normalized spacial score (nSPS) is 14.1. The van der Waals surface area contributed by atoms with Crippen LogP contribution in [-0.2, 0) is 20.9 Å². The number of nitrogens with zero attached hydrogens (tertiary/aromatic N) is 1. The summed E-state index contributed by atoms with van der Waals surface area (Å²) in [6.45, 7) is 0.373. The van der Waals surface area contributed by atoms with E-state index in [2.05, 4.69) is 4.74 Å². The third-order valence-electron chi connectivity index (χ3n) is 6.56. The van der Waals surface area contributed by atoms with Crippen LogP contribution in [0.2, 0.25) is 0 Å². The molecule has 0 heterocycles. The van der Waals surface area contributed by atoms with E-state index < -0.39 is 17.6 Å². The number of rotatable bonds is 7. The van der Waals surface area contributed by atoms with Gasteiger partial charge in [0.1, 0.15) is 0 Å². The number of hydrogen-bond donors (Lipinski definition) is 0. The number of amides is 1. The lowest BCUT2D eigenvalue weighted by atomic mass is 9.88. The molecule has 3 aromatic carbocycles. The van der Waals surface area contributed by atoms with Crippen LogP contribution in [0, 0.1) is 17.6 Å². The fourth-order valence-corrected chi connectivity index (χ4v) is 4.56. The summed E-state index contributed by atoms with van der Waals surface area (Å²) in [6, 6.07) is 18.8. The molecule has 186 valence electrons. The van der Waals surface area contributed by atoms with Crippen molar-refractivity contribution in [1.29, 1.82) is 0 Å². The molecule has 0 spiro atoms. The Labute approximate surface area is 210 Å². The molecule has 1 saturated carbocycles. The Morgan fingerprint density at radius 1 is 0.917 bits per heavy atom. The van der Waals surface area contributed by atoms with Gasteiger partial charge < -0.3 is 9.64 Å². The third kappa shape index (κ3) is 6.25. The fraction of sp³-hybridized carbons (Fsp3) is 0.267. The van der Waals surface area contributed by atoms with E-state index >= 15 is 0 Å². The molecule has 1 aliphatic carbocycles. The van der Waals surface area contributed by atoms with Crippen LogP contribution in [0.3, 0.4) is 0 Å². The second kappa shape index (κ2) is 11.8. The first-order chi connectivity index (χ1) is 17.4. The van der Waals surface area contributed by atoms with Crippen LogP contribution in [-0.4, -0.2) is 19.0 Å². The maximum Gasteiger partial charge on any atom is 0.330 e. The van der Waals surface area contributed by atoms with E-state index in [4.69, 9.17) is 0 Å². The molecule has 1 fully saturated rings. The number of ether oxygens (including phenoxy) is 1. The Kier molecular flexibility index (Phi) is 8.26. The number of benzene rings is 3. The molecule has 0 unspecified atom stereocenters. The largest absolute Gasteiger partial charge is 0.466 e. The van der Waals surface area contributed by atoms with Gasteiger partial charge in [0.25, 0.3) is 0 Å². The molecule has 0 saturated heterocycles. The van der Waals surface area contributed by atoms with Crippen molar-refractivity contribution in [2.45, 2.75) is 38.6 Å². The van der Waals surface area contributed by atoms with Gasteiger partial charge in [-0.1, -0.05) is 61.7 Å². The van der Waals surface area contributed by atoms with Gasteiger partial charge in [-0.15, -0.1) is 0 Å². The predicted molar refractivity (Wildman–Crippen MR) is 137 cm³/mol. The minimum atomic E-state index is -0.887. The summed E-state index contributed by atoms with van der Waals surface area (Å²) in [5.74, 6) is -2.14. The van der Waals surface area contributed by atoms with Crippen molar-refractivity contribution in [1.82, 2.24) is 0 Å². The van der Waals surface area contributed by atoms with Gasteiger partial charge in [0.2, 0.25) is 5.91 Å². The molecule has 0 bridgehead atoms. The maximum absolute atomic E-state index is 13.7. The molecule has 36 heavy (non-hydrogen) atoms. The predicted octanol–water partition coefficient (Wildman–Crippen LogP) is 6.93. The van der Waals surface area contributed by atoms with Gasteiger partial charge in [-0.3, -0.25) is 4.79 Å². The van der Waals surface area contributed by atoms with Gasteiger partial charge in [0.15, 0.2) is 11.6 Å². The van der Waals surface area contributed by atoms with Gasteiger partial charge in [-0.2, -0.15) is 0 Å². The highest BCUT2D eigenvalue weighted by Gasteiger charge is 2.27. The van der Waals surface area contributed by atoms with E-state index in [1.54, 1.807) is 17.0 Å². The number of anilines is 1. The highest BCUT2D eigenvalue weighted by Crippen LogP contribution is 2.30. The van der Waals surface area contributed by atoms with Gasteiger partial charge in [-0.05, 0) is 65.4 Å². The Hall–Kier alpha value is -3.80. The Balaban J connectivity index is 1.61. The summed E-state index contributed by atoms with van der Waals surface area (Å²) in [5, 5.41) is 0. The third-order valence-corrected chi connectivity index (χ3v) is 6.56. The molecule has 4 nitrogen and oxygen atoms in total. The molecule has 0 aliphatic heterocycles. The summed E-state index contributed by atoms with van der Waals surface area (Å²) in [6.07, 6.45) is 8.03. The van der Waals surface area contributed by atoms with Crippen LogP contribution in [0.4, 0.5) is 14.5 Å². The van der Waals surface area contributed by atoms with Crippen LogP contribution >= 0.6 is 0 Å². The average molecular weight is 490 g/mol. The lowest BCUT2D eigenvalue weighted by Crippen LogP contribution is -2.36. The van der Waals surface area contributed by atoms with E-state index in [1.807, 2.05) is 48.5 Å².